The van der Waals surface area contributed by atoms with Crippen LogP contribution in [-0.4, -0.2) is 69.3 Å². The molecule has 11 nitrogen and oxygen atoms in total. The molecule has 1 N–H and O–H groups in total. The van der Waals surface area contributed by atoms with E-state index in [1.807, 2.05) is 60.7 Å². The van der Waals surface area contributed by atoms with Crippen LogP contribution in [0.1, 0.15) is 29.9 Å². The summed E-state index contributed by atoms with van der Waals surface area (Å²) in [6.45, 7) is 2.77. The number of ether oxygens (including phenoxy) is 3. The molecule has 5 aliphatic rings. The summed E-state index contributed by atoms with van der Waals surface area (Å²) in [5.41, 5.74) is 2.28. The maximum atomic E-state index is 15.5. The van der Waals surface area contributed by atoms with E-state index in [0.717, 1.165) is 24.4 Å². The van der Waals surface area contributed by atoms with Crippen molar-refractivity contribution in [1.82, 2.24) is 0 Å². The number of anilines is 3. The van der Waals surface area contributed by atoms with Gasteiger partial charge in [-0.15, -0.1) is 0 Å². The van der Waals surface area contributed by atoms with E-state index in [1.165, 1.54) is 24.0 Å². The smallest absolute Gasteiger partial charge is 0.246 e. The number of carbonyl (C=O) groups excluding carboxylic acids is 4. The van der Waals surface area contributed by atoms with E-state index in [9.17, 15) is 14.7 Å². The molecule has 3 heterocycles. The number of hydrogen-bond donors (Lipinski definition) is 1. The van der Waals surface area contributed by atoms with E-state index in [0.29, 0.717) is 40.7 Å². The van der Waals surface area contributed by atoms with Gasteiger partial charge < -0.3 is 24.2 Å². The van der Waals surface area contributed by atoms with Crippen molar-refractivity contribution in [2.45, 2.75) is 24.2 Å². The highest BCUT2D eigenvalue weighted by Gasteiger charge is 2.70. The van der Waals surface area contributed by atoms with Gasteiger partial charge in [0, 0.05) is 29.7 Å². The molecule has 286 valence electrons. The maximum absolute atomic E-state index is 15.5. The van der Waals surface area contributed by atoms with E-state index in [1.54, 1.807) is 36.4 Å². The Balaban J connectivity index is 1.21. The van der Waals surface area contributed by atoms with Gasteiger partial charge in [0.1, 0.15) is 0 Å². The number of carbonyl (C=O) groups is 4. The van der Waals surface area contributed by atoms with Crippen molar-refractivity contribution in [1.29, 1.82) is 0 Å². The lowest BCUT2D eigenvalue weighted by molar-refractivity contribution is -0.127. The lowest BCUT2D eigenvalue weighted by Gasteiger charge is -2.50. The third-order valence-electron chi connectivity index (χ3n) is 12.5. The van der Waals surface area contributed by atoms with E-state index in [2.05, 4.69) is 4.90 Å². The summed E-state index contributed by atoms with van der Waals surface area (Å²) in [7, 11) is 2.86. The summed E-state index contributed by atoms with van der Waals surface area (Å²) in [4.78, 5) is 64.4. The molecule has 4 aromatic carbocycles. The number of amides is 4. The molecule has 12 heteroatoms. The Bertz CT molecular complexity index is 2270. The number of hydrogen-bond acceptors (Lipinski definition) is 9. The molecule has 56 heavy (non-hydrogen) atoms. The van der Waals surface area contributed by atoms with Crippen LogP contribution in [0.3, 0.4) is 0 Å². The molecule has 0 radical (unpaired) electrons. The minimum absolute atomic E-state index is 0.123. The molecule has 4 amide bonds. The van der Waals surface area contributed by atoms with Crippen molar-refractivity contribution in [3.63, 3.8) is 0 Å². The van der Waals surface area contributed by atoms with Gasteiger partial charge in [0.05, 0.1) is 62.0 Å². The lowest BCUT2D eigenvalue weighted by Crippen LogP contribution is -2.53. The van der Waals surface area contributed by atoms with Gasteiger partial charge in [-0.05, 0) is 84.5 Å². The molecule has 6 atom stereocenters. The van der Waals surface area contributed by atoms with Crippen molar-refractivity contribution in [2.24, 2.45) is 23.7 Å². The fourth-order valence-corrected chi connectivity index (χ4v) is 10.3. The van der Waals surface area contributed by atoms with Crippen LogP contribution in [0.5, 0.6) is 17.2 Å². The van der Waals surface area contributed by atoms with Crippen LogP contribution in [0.4, 0.5) is 17.1 Å². The van der Waals surface area contributed by atoms with Gasteiger partial charge in [0.25, 0.3) is 0 Å². The molecular formula is C44H40ClN3O8. The first-order valence-corrected chi connectivity index (χ1v) is 19.2. The molecule has 3 aliphatic heterocycles. The third-order valence-corrected chi connectivity index (χ3v) is 12.7. The standard InChI is InChI=1S/C44H40ClN3O8/c1-54-35-21-25(22-36(55-2)39(35)49)38-31-15-16-32-37(42(52)47(40(32)50)29-13-11-28(12-14-29)46-17-19-56-20-18-46)33(31)24-34-41(51)48(30-10-6-9-27(45)23-30)43(53)44(34,38)26-7-4-3-5-8-26/h3-15,21-23,32-34,37-38,49H,16-20,24H2,1-2H3/t32-,33+,34-,37-,38-,44+/m0/s1. The van der Waals surface area contributed by atoms with Crippen molar-refractivity contribution < 1.29 is 38.5 Å². The average Bonchev–Trinajstić information content (AvgIpc) is 3.62. The van der Waals surface area contributed by atoms with Crippen molar-refractivity contribution in [3.05, 3.63) is 119 Å². The van der Waals surface area contributed by atoms with Crippen LogP contribution in [0.25, 0.3) is 0 Å². The van der Waals surface area contributed by atoms with E-state index in [4.69, 9.17) is 25.8 Å². The lowest BCUT2D eigenvalue weighted by atomic mass is 9.49. The van der Waals surface area contributed by atoms with Gasteiger partial charge >= 0.3 is 0 Å². The number of fused-ring (bicyclic) bond motifs is 4. The summed E-state index contributed by atoms with van der Waals surface area (Å²) in [5.74, 6) is -5.21. The first-order valence-electron chi connectivity index (χ1n) is 18.8. The van der Waals surface area contributed by atoms with E-state index in [-0.39, 0.29) is 41.9 Å². The topological polar surface area (TPSA) is 126 Å². The molecule has 4 aromatic rings. The van der Waals surface area contributed by atoms with Crippen LogP contribution < -0.4 is 24.2 Å². The second-order valence-corrected chi connectivity index (χ2v) is 15.4. The number of benzene rings is 4. The Morgan fingerprint density at radius 2 is 1.43 bits per heavy atom. The SMILES string of the molecule is COc1cc([C@H]2C3=CC[C@@H]4C(=O)N(c5ccc(N6CCOCC6)cc5)C(=O)[C@@H]4[C@@H]3C[C@H]3C(=O)N(c4cccc(Cl)c4)C(=O)[C@@]23c2ccccc2)cc(OC)c1O. The first-order chi connectivity index (χ1) is 27.2. The summed E-state index contributed by atoms with van der Waals surface area (Å²) in [6.07, 6.45) is 2.41. The molecule has 3 saturated heterocycles. The quantitative estimate of drug-likeness (QED) is 0.171. The zero-order valence-electron chi connectivity index (χ0n) is 30.9. The fraction of sp³-hybridized carbons (Fsp3) is 0.318. The zero-order chi connectivity index (χ0) is 38.9. The number of methoxy groups -OCH3 is 2. The molecule has 2 aliphatic carbocycles. The molecule has 0 unspecified atom stereocenters. The van der Waals surface area contributed by atoms with Crippen molar-refractivity contribution >= 4 is 52.3 Å². The number of morpholine rings is 1. The molecule has 0 bridgehead atoms. The number of phenols is 1. The second kappa shape index (κ2) is 13.8. The Morgan fingerprint density at radius 3 is 2.09 bits per heavy atom. The van der Waals surface area contributed by atoms with Crippen LogP contribution in [0, 0.1) is 23.7 Å². The predicted octanol–water partition coefficient (Wildman–Crippen LogP) is 6.27. The third kappa shape index (κ3) is 5.28. The number of imide groups is 2. The summed E-state index contributed by atoms with van der Waals surface area (Å²) in [5, 5.41) is 11.4. The van der Waals surface area contributed by atoms with E-state index >= 15 is 9.59 Å². The van der Waals surface area contributed by atoms with Crippen molar-refractivity contribution in [2.75, 3.05) is 55.2 Å². The highest BCUT2D eigenvalue weighted by atomic mass is 35.5. The molecule has 0 spiro atoms. The van der Waals surface area contributed by atoms with Crippen LogP contribution in [-0.2, 0) is 29.3 Å². The molecule has 1 saturated carbocycles. The Kier molecular flexibility index (Phi) is 8.89. The number of nitrogens with zero attached hydrogens (tertiary/aromatic N) is 3. The Morgan fingerprint density at radius 1 is 0.750 bits per heavy atom. The summed E-state index contributed by atoms with van der Waals surface area (Å²) < 4.78 is 16.8. The van der Waals surface area contributed by atoms with Crippen LogP contribution in [0.15, 0.2) is 103 Å². The van der Waals surface area contributed by atoms with Crippen LogP contribution in [0.2, 0.25) is 5.02 Å². The molecular weight excluding hydrogens is 734 g/mol. The monoisotopic (exact) mass is 773 g/mol. The average molecular weight is 774 g/mol. The first kappa shape index (κ1) is 36.0. The van der Waals surface area contributed by atoms with Gasteiger partial charge in [0.2, 0.25) is 29.4 Å². The minimum atomic E-state index is -1.50. The molecule has 9 rings (SSSR count). The Hall–Kier alpha value is -5.65. The fourth-order valence-electron chi connectivity index (χ4n) is 10.1. The van der Waals surface area contributed by atoms with Crippen molar-refractivity contribution in [3.8, 4) is 17.2 Å². The Labute approximate surface area is 329 Å². The normalized spacial score (nSPS) is 27.2. The molecule has 0 aromatic heterocycles. The van der Waals surface area contributed by atoms with E-state index < -0.39 is 46.8 Å². The number of aromatic hydroxyl groups is 1. The van der Waals surface area contributed by atoms with Gasteiger partial charge in [-0.1, -0.05) is 59.6 Å². The van der Waals surface area contributed by atoms with Crippen LogP contribution >= 0.6 is 11.6 Å². The van der Waals surface area contributed by atoms with Gasteiger partial charge in [-0.2, -0.15) is 0 Å². The van der Waals surface area contributed by atoms with Gasteiger partial charge in [0.15, 0.2) is 11.5 Å². The summed E-state index contributed by atoms with van der Waals surface area (Å²) in [6, 6.07) is 26.7. The predicted molar refractivity (Wildman–Crippen MR) is 209 cm³/mol. The minimum Gasteiger partial charge on any atom is -0.502 e. The van der Waals surface area contributed by atoms with Gasteiger partial charge in [-0.3, -0.25) is 24.1 Å². The summed E-state index contributed by atoms with van der Waals surface area (Å²) >= 11 is 6.44. The highest BCUT2D eigenvalue weighted by molar-refractivity contribution is 6.32. The number of allylic oxidation sites excluding steroid dienone is 2. The maximum Gasteiger partial charge on any atom is 0.246 e. The molecule has 4 fully saturated rings. The highest BCUT2D eigenvalue weighted by Crippen LogP contribution is 2.65. The number of rotatable bonds is 7. The zero-order valence-corrected chi connectivity index (χ0v) is 31.6. The van der Waals surface area contributed by atoms with Gasteiger partial charge in [-0.25, -0.2) is 4.90 Å². The second-order valence-electron chi connectivity index (χ2n) is 15.0. The number of halogens is 1. The largest absolute Gasteiger partial charge is 0.502 e. The number of phenolic OH excluding ortho intramolecular Hbond substituents is 1.